The first kappa shape index (κ1) is 21.0. The lowest BCUT2D eigenvalue weighted by Crippen LogP contribution is -2.51. The number of carbonyl (C=O) groups excluding carboxylic acids is 1. The molecule has 1 saturated carbocycles. The van der Waals surface area contributed by atoms with E-state index in [9.17, 15) is 4.79 Å². The number of carbonyl (C=O) groups is 1. The molecular formula is C20H31ClN2O3. The van der Waals surface area contributed by atoms with Crippen LogP contribution in [0.1, 0.15) is 44.1 Å². The van der Waals surface area contributed by atoms with Crippen LogP contribution in [0.4, 0.5) is 0 Å². The van der Waals surface area contributed by atoms with Gasteiger partial charge in [0.2, 0.25) is 5.91 Å². The quantitative estimate of drug-likeness (QED) is 0.793. The monoisotopic (exact) mass is 382 g/mol. The molecule has 6 heteroatoms. The zero-order valence-corrected chi connectivity index (χ0v) is 16.4. The van der Waals surface area contributed by atoms with Crippen molar-refractivity contribution in [1.29, 1.82) is 0 Å². The number of rotatable bonds is 6. The fourth-order valence-electron chi connectivity index (χ4n) is 4.40. The highest BCUT2D eigenvalue weighted by Crippen LogP contribution is 2.44. The molecule has 1 heterocycles. The molecule has 2 aliphatic rings. The van der Waals surface area contributed by atoms with E-state index in [1.807, 2.05) is 12.1 Å². The van der Waals surface area contributed by atoms with Gasteiger partial charge in [0.15, 0.2) is 0 Å². The molecule has 1 aliphatic heterocycles. The summed E-state index contributed by atoms with van der Waals surface area (Å²) < 4.78 is 11.0. The summed E-state index contributed by atoms with van der Waals surface area (Å²) in [6.45, 7) is 2.25. The molecule has 0 unspecified atom stereocenters. The summed E-state index contributed by atoms with van der Waals surface area (Å²) in [4.78, 5) is 13.0. The van der Waals surface area contributed by atoms with Crippen molar-refractivity contribution in [2.45, 2.75) is 43.9 Å². The topological polar surface area (TPSA) is 73.6 Å². The third kappa shape index (κ3) is 4.00. The number of amides is 1. The highest BCUT2D eigenvalue weighted by atomic mass is 35.5. The summed E-state index contributed by atoms with van der Waals surface area (Å²) >= 11 is 0. The highest BCUT2D eigenvalue weighted by molar-refractivity contribution is 5.85. The maximum atomic E-state index is 13.0. The third-order valence-electron chi connectivity index (χ3n) is 6.15. The molecule has 0 atom stereocenters. The number of nitrogens with two attached hydrogens (primary N) is 1. The van der Waals surface area contributed by atoms with Gasteiger partial charge >= 0.3 is 0 Å². The summed E-state index contributed by atoms with van der Waals surface area (Å²) in [5.41, 5.74) is 6.68. The van der Waals surface area contributed by atoms with Crippen LogP contribution >= 0.6 is 12.4 Å². The van der Waals surface area contributed by atoms with Crippen LogP contribution in [0.3, 0.4) is 0 Å². The lowest BCUT2D eigenvalue weighted by Gasteiger charge is -2.37. The number of para-hydroxylation sites is 1. The van der Waals surface area contributed by atoms with Gasteiger partial charge in [-0.1, -0.05) is 31.0 Å². The highest BCUT2D eigenvalue weighted by Gasteiger charge is 2.42. The number of methoxy groups -OCH3 is 1. The van der Waals surface area contributed by atoms with Crippen molar-refractivity contribution in [3.05, 3.63) is 29.8 Å². The van der Waals surface area contributed by atoms with Crippen molar-refractivity contribution < 1.29 is 14.3 Å². The van der Waals surface area contributed by atoms with E-state index in [1.54, 1.807) is 7.11 Å². The summed E-state index contributed by atoms with van der Waals surface area (Å²) in [7, 11) is 1.71. The van der Waals surface area contributed by atoms with Gasteiger partial charge in [-0.25, -0.2) is 0 Å². The number of hydrogen-bond donors (Lipinski definition) is 2. The molecule has 1 amide bonds. The Kier molecular flexibility index (Phi) is 7.33. The van der Waals surface area contributed by atoms with Gasteiger partial charge in [0.1, 0.15) is 5.75 Å². The Hall–Kier alpha value is -1.30. The molecule has 3 rings (SSSR count). The molecule has 1 aromatic carbocycles. The van der Waals surface area contributed by atoms with Crippen molar-refractivity contribution in [2.24, 2.45) is 11.1 Å². The van der Waals surface area contributed by atoms with Gasteiger partial charge in [-0.2, -0.15) is 0 Å². The summed E-state index contributed by atoms with van der Waals surface area (Å²) in [5, 5.41) is 3.25. The molecule has 26 heavy (non-hydrogen) atoms. The lowest BCUT2D eigenvalue weighted by molar-refractivity contribution is -0.136. The zero-order valence-electron chi connectivity index (χ0n) is 15.6. The second-order valence-electron chi connectivity index (χ2n) is 7.47. The van der Waals surface area contributed by atoms with Gasteiger partial charge in [0.25, 0.3) is 0 Å². The van der Waals surface area contributed by atoms with Gasteiger partial charge < -0.3 is 20.5 Å². The normalized spacial score (nSPS) is 20.8. The molecular weight excluding hydrogens is 352 g/mol. The Bertz CT molecular complexity index is 596. The van der Waals surface area contributed by atoms with Gasteiger partial charge in [-0.15, -0.1) is 12.4 Å². The molecule has 5 nitrogen and oxygen atoms in total. The van der Waals surface area contributed by atoms with Crippen LogP contribution in [0.15, 0.2) is 24.3 Å². The molecule has 0 radical (unpaired) electrons. The minimum absolute atomic E-state index is 0. The Balaban J connectivity index is 0.00000243. The van der Waals surface area contributed by atoms with E-state index in [2.05, 4.69) is 17.4 Å². The lowest BCUT2D eigenvalue weighted by atomic mass is 9.76. The van der Waals surface area contributed by atoms with Crippen molar-refractivity contribution in [3.63, 3.8) is 0 Å². The maximum Gasteiger partial charge on any atom is 0.227 e. The van der Waals surface area contributed by atoms with E-state index < -0.39 is 5.41 Å². The van der Waals surface area contributed by atoms with E-state index in [1.165, 1.54) is 18.4 Å². The molecule has 0 aromatic heterocycles. The second kappa shape index (κ2) is 9.07. The van der Waals surface area contributed by atoms with Crippen LogP contribution in [0.2, 0.25) is 0 Å². The zero-order chi connectivity index (χ0) is 17.8. The predicted molar refractivity (Wildman–Crippen MR) is 105 cm³/mol. The van der Waals surface area contributed by atoms with Crippen LogP contribution < -0.4 is 15.8 Å². The van der Waals surface area contributed by atoms with E-state index in [0.29, 0.717) is 39.1 Å². The first-order valence-electron chi connectivity index (χ1n) is 9.35. The van der Waals surface area contributed by atoms with Crippen LogP contribution in [0.5, 0.6) is 5.75 Å². The second-order valence-corrected chi connectivity index (χ2v) is 7.47. The molecule has 2 fully saturated rings. The SMILES string of the molecule is COc1ccccc1C1(CNC(=O)C2(CN)CCOCC2)CCCC1.Cl. The van der Waals surface area contributed by atoms with Gasteiger partial charge in [-0.05, 0) is 31.7 Å². The fraction of sp³-hybridized carbons (Fsp3) is 0.650. The molecule has 3 N–H and O–H groups in total. The molecule has 1 aromatic rings. The first-order chi connectivity index (χ1) is 12.2. The third-order valence-corrected chi connectivity index (χ3v) is 6.15. The number of nitrogens with one attached hydrogen (secondary N) is 1. The molecule has 0 spiro atoms. The molecule has 1 aliphatic carbocycles. The fourth-order valence-corrected chi connectivity index (χ4v) is 4.40. The van der Waals surface area contributed by atoms with Crippen LogP contribution in [-0.4, -0.2) is 39.3 Å². The van der Waals surface area contributed by atoms with Crippen LogP contribution in [-0.2, 0) is 14.9 Å². The summed E-state index contributed by atoms with van der Waals surface area (Å²) in [6.07, 6.45) is 5.93. The van der Waals surface area contributed by atoms with Crippen molar-refractivity contribution >= 4 is 18.3 Å². The largest absolute Gasteiger partial charge is 0.496 e. The average molecular weight is 383 g/mol. The minimum Gasteiger partial charge on any atom is -0.496 e. The predicted octanol–water partition coefficient (Wildman–Crippen LogP) is 2.80. The van der Waals surface area contributed by atoms with E-state index in [4.69, 9.17) is 15.2 Å². The van der Waals surface area contributed by atoms with Crippen LogP contribution in [0.25, 0.3) is 0 Å². The van der Waals surface area contributed by atoms with Gasteiger partial charge in [-0.3, -0.25) is 4.79 Å². The minimum atomic E-state index is -0.473. The van der Waals surface area contributed by atoms with E-state index in [0.717, 1.165) is 18.6 Å². The molecule has 146 valence electrons. The van der Waals surface area contributed by atoms with Crippen molar-refractivity contribution in [1.82, 2.24) is 5.32 Å². The first-order valence-corrected chi connectivity index (χ1v) is 9.35. The van der Waals surface area contributed by atoms with Gasteiger partial charge in [0.05, 0.1) is 12.5 Å². The number of benzene rings is 1. The van der Waals surface area contributed by atoms with Gasteiger partial charge in [0, 0.05) is 37.3 Å². The summed E-state index contributed by atoms with van der Waals surface area (Å²) in [5.74, 6) is 0.998. The number of hydrogen-bond acceptors (Lipinski definition) is 4. The van der Waals surface area contributed by atoms with E-state index >= 15 is 0 Å². The molecule has 1 saturated heterocycles. The van der Waals surface area contributed by atoms with E-state index in [-0.39, 0.29) is 23.7 Å². The van der Waals surface area contributed by atoms with Crippen LogP contribution in [0, 0.1) is 5.41 Å². The maximum absolute atomic E-state index is 13.0. The van der Waals surface area contributed by atoms with Crippen molar-refractivity contribution in [3.8, 4) is 5.75 Å². The molecule has 0 bridgehead atoms. The van der Waals surface area contributed by atoms with Crippen molar-refractivity contribution in [2.75, 3.05) is 33.4 Å². The Morgan fingerprint density at radius 2 is 1.85 bits per heavy atom. The Labute approximate surface area is 162 Å². The number of halogens is 1. The summed E-state index contributed by atoms with van der Waals surface area (Å²) in [6, 6.07) is 8.20. The Morgan fingerprint density at radius 3 is 2.46 bits per heavy atom. The standard InChI is InChI=1S/C20H30N2O3.ClH/c1-24-17-7-3-2-6-16(17)20(8-4-5-9-20)15-22-18(23)19(14-21)10-12-25-13-11-19;/h2-3,6-7H,4-5,8-15,21H2,1H3,(H,22,23);1H. The Morgan fingerprint density at radius 1 is 1.19 bits per heavy atom. The smallest absolute Gasteiger partial charge is 0.227 e. The average Bonchev–Trinajstić information content (AvgIpc) is 3.16. The number of ether oxygens (including phenoxy) is 2.